The number of para-hydroxylation sites is 1. The number of carbonyl (C=O) groups is 1. The maximum Gasteiger partial charge on any atom is 0.228 e. The lowest BCUT2D eigenvalue weighted by atomic mass is 10.1. The third-order valence-corrected chi connectivity index (χ3v) is 3.90. The summed E-state index contributed by atoms with van der Waals surface area (Å²) in [4.78, 5) is 12.2. The monoisotopic (exact) mass is 305 g/mol. The Hall–Kier alpha value is -2.88. The average Bonchev–Trinajstić information content (AvgIpc) is 3.01. The molecule has 0 radical (unpaired) electrons. The Bertz CT molecular complexity index is 822. The van der Waals surface area contributed by atoms with Crippen molar-refractivity contribution in [1.29, 1.82) is 0 Å². The molecule has 0 unspecified atom stereocenters. The van der Waals surface area contributed by atoms with Gasteiger partial charge in [0.1, 0.15) is 0 Å². The molecule has 1 amide bonds. The summed E-state index contributed by atoms with van der Waals surface area (Å²) < 4.78 is 1.78. The summed E-state index contributed by atoms with van der Waals surface area (Å²) in [6, 6.07) is 15.8. The van der Waals surface area contributed by atoms with Crippen molar-refractivity contribution < 1.29 is 4.79 Å². The highest BCUT2D eigenvalue weighted by Crippen LogP contribution is 2.18. The lowest BCUT2D eigenvalue weighted by molar-refractivity contribution is -0.115. The van der Waals surface area contributed by atoms with E-state index in [-0.39, 0.29) is 5.91 Å². The first-order valence-electron chi connectivity index (χ1n) is 7.58. The maximum absolute atomic E-state index is 12.2. The quantitative estimate of drug-likeness (QED) is 0.799. The summed E-state index contributed by atoms with van der Waals surface area (Å²) in [7, 11) is 0. The van der Waals surface area contributed by atoms with Gasteiger partial charge in [-0.25, -0.2) is 4.68 Å². The van der Waals surface area contributed by atoms with Crippen molar-refractivity contribution in [2.24, 2.45) is 0 Å². The number of nitrogens with zero attached hydrogens (tertiary/aromatic N) is 2. The number of carbonyl (C=O) groups excluding carboxylic acids is 1. The highest BCUT2D eigenvalue weighted by Gasteiger charge is 2.09. The van der Waals surface area contributed by atoms with Crippen LogP contribution in [0.15, 0.2) is 60.9 Å². The van der Waals surface area contributed by atoms with E-state index in [0.717, 1.165) is 22.5 Å². The molecule has 0 saturated carbocycles. The first kappa shape index (κ1) is 15.0. The molecule has 4 heteroatoms. The normalized spacial score (nSPS) is 10.5. The van der Waals surface area contributed by atoms with Crippen LogP contribution in [-0.2, 0) is 11.2 Å². The van der Waals surface area contributed by atoms with Gasteiger partial charge in [-0.2, -0.15) is 5.10 Å². The van der Waals surface area contributed by atoms with Gasteiger partial charge >= 0.3 is 0 Å². The van der Waals surface area contributed by atoms with Crippen molar-refractivity contribution in [2.75, 3.05) is 5.32 Å². The number of benzene rings is 2. The van der Waals surface area contributed by atoms with Gasteiger partial charge in [-0.15, -0.1) is 0 Å². The van der Waals surface area contributed by atoms with Gasteiger partial charge < -0.3 is 5.32 Å². The van der Waals surface area contributed by atoms with Crippen LogP contribution in [0.25, 0.3) is 5.69 Å². The summed E-state index contributed by atoms with van der Waals surface area (Å²) in [5.74, 6) is -0.0358. The summed E-state index contributed by atoms with van der Waals surface area (Å²) in [5, 5.41) is 7.29. The molecule has 0 fully saturated rings. The molecule has 0 bridgehead atoms. The van der Waals surface area contributed by atoms with Crippen molar-refractivity contribution in [3.05, 3.63) is 77.6 Å². The second kappa shape index (κ2) is 6.48. The van der Waals surface area contributed by atoms with Crippen molar-refractivity contribution in [2.45, 2.75) is 20.3 Å². The van der Waals surface area contributed by atoms with E-state index >= 15 is 0 Å². The minimum absolute atomic E-state index is 0.0358. The van der Waals surface area contributed by atoms with Crippen LogP contribution in [0.5, 0.6) is 0 Å². The lowest BCUT2D eigenvalue weighted by Gasteiger charge is -2.09. The number of nitrogens with one attached hydrogen (secondary N) is 1. The fraction of sp³-hybridized carbons (Fsp3) is 0.158. The van der Waals surface area contributed by atoms with Crippen LogP contribution < -0.4 is 5.32 Å². The standard InChI is InChI=1S/C19H19N3O/c1-14-7-6-10-18(15(14)2)21-19(23)11-16-12-20-22(13-16)17-8-4-3-5-9-17/h3-10,12-13H,11H2,1-2H3,(H,21,23). The zero-order valence-corrected chi connectivity index (χ0v) is 13.3. The van der Waals surface area contributed by atoms with Gasteiger partial charge in [-0.05, 0) is 48.7 Å². The van der Waals surface area contributed by atoms with E-state index in [4.69, 9.17) is 0 Å². The van der Waals surface area contributed by atoms with Crippen molar-refractivity contribution >= 4 is 11.6 Å². The van der Waals surface area contributed by atoms with Gasteiger partial charge in [0, 0.05) is 11.9 Å². The fourth-order valence-electron chi connectivity index (χ4n) is 2.44. The maximum atomic E-state index is 12.2. The Labute approximate surface area is 135 Å². The number of hydrogen-bond acceptors (Lipinski definition) is 2. The minimum Gasteiger partial charge on any atom is -0.326 e. The summed E-state index contributed by atoms with van der Waals surface area (Å²) in [6.07, 6.45) is 3.92. The average molecular weight is 305 g/mol. The molecular weight excluding hydrogens is 286 g/mol. The van der Waals surface area contributed by atoms with E-state index in [0.29, 0.717) is 6.42 Å². The van der Waals surface area contributed by atoms with Gasteiger partial charge in [0.25, 0.3) is 0 Å². The van der Waals surface area contributed by atoms with Gasteiger partial charge in [-0.3, -0.25) is 4.79 Å². The zero-order valence-electron chi connectivity index (χ0n) is 13.3. The van der Waals surface area contributed by atoms with E-state index in [2.05, 4.69) is 10.4 Å². The van der Waals surface area contributed by atoms with E-state index in [9.17, 15) is 4.79 Å². The molecule has 3 aromatic rings. The molecule has 4 nitrogen and oxygen atoms in total. The Morgan fingerprint density at radius 3 is 2.65 bits per heavy atom. The van der Waals surface area contributed by atoms with Crippen molar-refractivity contribution in [3.8, 4) is 5.69 Å². The van der Waals surface area contributed by atoms with E-state index in [1.54, 1.807) is 10.9 Å². The molecule has 0 aliphatic heterocycles. The summed E-state index contributed by atoms with van der Waals surface area (Å²) in [5.41, 5.74) is 5.00. The van der Waals surface area contributed by atoms with Crippen LogP contribution in [0.1, 0.15) is 16.7 Å². The Morgan fingerprint density at radius 2 is 1.87 bits per heavy atom. The molecular formula is C19H19N3O. The predicted octanol–water partition coefficient (Wildman–Crippen LogP) is 3.67. The molecule has 2 aromatic carbocycles. The van der Waals surface area contributed by atoms with E-state index < -0.39 is 0 Å². The molecule has 0 saturated heterocycles. The number of aromatic nitrogens is 2. The Kier molecular flexibility index (Phi) is 4.24. The van der Waals surface area contributed by atoms with Crippen LogP contribution in [0, 0.1) is 13.8 Å². The van der Waals surface area contributed by atoms with Gasteiger partial charge in [0.2, 0.25) is 5.91 Å². The Balaban J connectivity index is 1.69. The van der Waals surface area contributed by atoms with Crippen LogP contribution >= 0.6 is 0 Å². The molecule has 0 aliphatic carbocycles. The fourth-order valence-corrected chi connectivity index (χ4v) is 2.44. The van der Waals surface area contributed by atoms with Gasteiger partial charge in [0.15, 0.2) is 0 Å². The molecule has 116 valence electrons. The molecule has 1 N–H and O–H groups in total. The molecule has 1 aromatic heterocycles. The second-order valence-corrected chi connectivity index (χ2v) is 5.60. The summed E-state index contributed by atoms with van der Waals surface area (Å²) in [6.45, 7) is 4.05. The number of hydrogen-bond donors (Lipinski definition) is 1. The van der Waals surface area contributed by atoms with Crippen LogP contribution in [0.4, 0.5) is 5.69 Å². The predicted molar refractivity (Wildman–Crippen MR) is 91.8 cm³/mol. The number of rotatable bonds is 4. The van der Waals surface area contributed by atoms with Crippen LogP contribution in [0.2, 0.25) is 0 Å². The van der Waals surface area contributed by atoms with Crippen molar-refractivity contribution in [1.82, 2.24) is 9.78 Å². The first-order valence-corrected chi connectivity index (χ1v) is 7.58. The molecule has 0 atom stereocenters. The number of aryl methyl sites for hydroxylation is 1. The molecule has 23 heavy (non-hydrogen) atoms. The largest absolute Gasteiger partial charge is 0.326 e. The molecule has 0 aliphatic rings. The number of amides is 1. The van der Waals surface area contributed by atoms with Gasteiger partial charge in [0.05, 0.1) is 18.3 Å². The summed E-state index contributed by atoms with van der Waals surface area (Å²) >= 11 is 0. The third kappa shape index (κ3) is 3.48. The molecule has 3 rings (SSSR count). The van der Waals surface area contributed by atoms with E-state index in [1.165, 1.54) is 5.56 Å². The highest BCUT2D eigenvalue weighted by molar-refractivity contribution is 5.93. The second-order valence-electron chi connectivity index (χ2n) is 5.60. The highest BCUT2D eigenvalue weighted by atomic mass is 16.1. The van der Waals surface area contributed by atoms with Crippen LogP contribution in [0.3, 0.4) is 0 Å². The SMILES string of the molecule is Cc1cccc(NC(=O)Cc2cnn(-c3ccccc3)c2)c1C. The topological polar surface area (TPSA) is 46.9 Å². The smallest absolute Gasteiger partial charge is 0.228 e. The zero-order chi connectivity index (χ0) is 16.2. The van der Waals surface area contributed by atoms with Crippen molar-refractivity contribution in [3.63, 3.8) is 0 Å². The molecule has 1 heterocycles. The molecule has 0 spiro atoms. The van der Waals surface area contributed by atoms with Gasteiger partial charge in [-0.1, -0.05) is 30.3 Å². The van der Waals surface area contributed by atoms with E-state index in [1.807, 2.05) is 68.6 Å². The third-order valence-electron chi connectivity index (χ3n) is 3.90. The van der Waals surface area contributed by atoms with Crippen LogP contribution in [-0.4, -0.2) is 15.7 Å². The number of anilines is 1. The Morgan fingerprint density at radius 1 is 1.09 bits per heavy atom. The minimum atomic E-state index is -0.0358. The first-order chi connectivity index (χ1) is 11.1. The lowest BCUT2D eigenvalue weighted by Crippen LogP contribution is -2.15.